The highest BCUT2D eigenvalue weighted by Crippen LogP contribution is 2.39. The number of hydrogen-bond acceptors (Lipinski definition) is 4. The fourth-order valence-electron chi connectivity index (χ4n) is 5.24. The van der Waals surface area contributed by atoms with Crippen LogP contribution in [-0.2, 0) is 18.4 Å². The maximum Gasteiger partial charge on any atom is 0.290 e. The number of aromatic nitrogens is 2. The van der Waals surface area contributed by atoms with Gasteiger partial charge in [-0.05, 0) is 37.1 Å². The highest BCUT2D eigenvalue weighted by Gasteiger charge is 2.52. The molecule has 2 saturated heterocycles. The zero-order valence-electron chi connectivity index (χ0n) is 18.9. The lowest BCUT2D eigenvalue weighted by Crippen LogP contribution is -2.56. The minimum atomic E-state index is -0.516. The van der Waals surface area contributed by atoms with Crippen LogP contribution in [0.25, 0.3) is 5.69 Å². The maximum absolute atomic E-state index is 13.2. The summed E-state index contributed by atoms with van der Waals surface area (Å²) < 4.78 is 3.45. The summed E-state index contributed by atoms with van der Waals surface area (Å²) in [5.41, 5.74) is 1.92. The lowest BCUT2D eigenvalue weighted by Gasteiger charge is -2.43. The monoisotopic (exact) mass is 465 g/mol. The summed E-state index contributed by atoms with van der Waals surface area (Å²) in [4.78, 5) is 32.5. The van der Waals surface area contributed by atoms with Gasteiger partial charge in [0.15, 0.2) is 0 Å². The van der Waals surface area contributed by atoms with Gasteiger partial charge in [0.2, 0.25) is 5.91 Å². The van der Waals surface area contributed by atoms with E-state index in [9.17, 15) is 9.59 Å². The first kappa shape index (κ1) is 21.8. The van der Waals surface area contributed by atoms with Gasteiger partial charge < -0.3 is 9.80 Å². The number of likely N-dealkylation sites (N-methyl/N-ethyl adjacent to an activating group) is 1. The minimum Gasteiger partial charge on any atom is -0.339 e. The molecule has 2 fully saturated rings. The van der Waals surface area contributed by atoms with Crippen LogP contribution in [0.3, 0.4) is 0 Å². The van der Waals surface area contributed by atoms with Gasteiger partial charge in [-0.15, -0.1) is 0 Å². The topological polar surface area (TPSA) is 53.7 Å². The van der Waals surface area contributed by atoms with Gasteiger partial charge in [-0.2, -0.15) is 0 Å². The number of hydrogen-bond donors (Lipinski definition) is 0. The quantitative estimate of drug-likeness (QED) is 0.594. The van der Waals surface area contributed by atoms with Crippen molar-refractivity contribution in [3.8, 4) is 5.69 Å². The van der Waals surface area contributed by atoms with Crippen molar-refractivity contribution in [2.24, 2.45) is 7.05 Å². The molecule has 1 amide bonds. The van der Waals surface area contributed by atoms with Crippen LogP contribution < -0.4 is 10.5 Å². The molecule has 172 valence electrons. The zero-order chi connectivity index (χ0) is 23.2. The first-order chi connectivity index (χ1) is 15.9. The molecule has 2 aromatic carbocycles. The van der Waals surface area contributed by atoms with Crippen LogP contribution in [0.15, 0.2) is 65.5 Å². The Balaban J connectivity index is 1.37. The summed E-state index contributed by atoms with van der Waals surface area (Å²) in [6.07, 6.45) is 1.46. The van der Waals surface area contributed by atoms with Crippen LogP contribution in [0.4, 0.5) is 5.69 Å². The molecule has 5 rings (SSSR count). The number of halogens is 1. The predicted octanol–water partition coefficient (Wildman–Crippen LogP) is 3.10. The third-order valence-corrected chi connectivity index (χ3v) is 7.44. The Hall–Kier alpha value is -3.03. The van der Waals surface area contributed by atoms with Crippen molar-refractivity contribution in [1.82, 2.24) is 19.2 Å². The second-order valence-corrected chi connectivity index (χ2v) is 9.33. The molecule has 0 saturated carbocycles. The number of anilines is 1. The smallest absolute Gasteiger partial charge is 0.290 e. The average Bonchev–Trinajstić information content (AvgIpc) is 3.21. The van der Waals surface area contributed by atoms with Crippen molar-refractivity contribution in [3.05, 3.63) is 81.7 Å². The van der Waals surface area contributed by atoms with Gasteiger partial charge >= 0.3 is 0 Å². The Bertz CT molecular complexity index is 1210. The van der Waals surface area contributed by atoms with Gasteiger partial charge in [0.1, 0.15) is 10.6 Å². The second-order valence-electron chi connectivity index (χ2n) is 8.95. The lowest BCUT2D eigenvalue weighted by molar-refractivity contribution is -0.132. The van der Waals surface area contributed by atoms with Gasteiger partial charge in [-0.25, -0.2) is 4.68 Å². The fourth-order valence-corrected chi connectivity index (χ4v) is 5.50. The Kier molecular flexibility index (Phi) is 5.54. The van der Waals surface area contributed by atoms with E-state index in [1.54, 1.807) is 4.68 Å². The van der Waals surface area contributed by atoms with Crippen molar-refractivity contribution in [1.29, 1.82) is 0 Å². The van der Waals surface area contributed by atoms with E-state index in [0.29, 0.717) is 13.2 Å². The van der Waals surface area contributed by atoms with Crippen molar-refractivity contribution < 1.29 is 4.79 Å². The van der Waals surface area contributed by atoms with Crippen LogP contribution in [0.5, 0.6) is 0 Å². The third kappa shape index (κ3) is 3.56. The van der Waals surface area contributed by atoms with Crippen molar-refractivity contribution in [2.75, 3.05) is 31.7 Å². The SMILES string of the molecule is CN1CN(c2ccccc2)C2(CCN(Cc3c(Cl)c(=O)n(-c4ccccc4)n3C)CC2)C1=O. The molecule has 3 heterocycles. The van der Waals surface area contributed by atoms with Crippen molar-refractivity contribution in [3.63, 3.8) is 0 Å². The number of nitrogens with zero attached hydrogens (tertiary/aromatic N) is 5. The second kappa shape index (κ2) is 8.39. The van der Waals surface area contributed by atoms with E-state index in [1.165, 1.54) is 0 Å². The Morgan fingerprint density at radius 2 is 1.45 bits per heavy atom. The largest absolute Gasteiger partial charge is 0.339 e. The summed E-state index contributed by atoms with van der Waals surface area (Å²) in [5, 5.41) is 0.254. The Morgan fingerprint density at radius 1 is 0.879 bits per heavy atom. The molecule has 0 bridgehead atoms. The first-order valence-corrected chi connectivity index (χ1v) is 11.6. The van der Waals surface area contributed by atoms with Gasteiger partial charge in [0, 0.05) is 39.4 Å². The molecule has 3 aromatic rings. The van der Waals surface area contributed by atoms with E-state index < -0.39 is 5.54 Å². The van der Waals surface area contributed by atoms with Crippen LogP contribution in [0, 0.1) is 0 Å². The number of rotatable bonds is 4. The Labute approximate surface area is 198 Å². The number of para-hydroxylation sites is 2. The van der Waals surface area contributed by atoms with Gasteiger partial charge in [0.25, 0.3) is 5.56 Å². The first-order valence-electron chi connectivity index (χ1n) is 11.2. The number of amides is 1. The van der Waals surface area contributed by atoms with Gasteiger partial charge in [0.05, 0.1) is 18.1 Å². The van der Waals surface area contributed by atoms with Crippen LogP contribution in [0.2, 0.25) is 5.02 Å². The van der Waals surface area contributed by atoms with E-state index >= 15 is 0 Å². The molecule has 8 heteroatoms. The predicted molar refractivity (Wildman–Crippen MR) is 130 cm³/mol. The molecule has 0 radical (unpaired) electrons. The molecule has 33 heavy (non-hydrogen) atoms. The lowest BCUT2D eigenvalue weighted by atomic mass is 9.85. The number of carbonyl (C=O) groups excluding carboxylic acids is 1. The summed E-state index contributed by atoms with van der Waals surface area (Å²) >= 11 is 6.50. The van der Waals surface area contributed by atoms with E-state index in [0.717, 1.165) is 43.0 Å². The summed E-state index contributed by atoms with van der Waals surface area (Å²) in [6, 6.07) is 19.7. The molecule has 1 aromatic heterocycles. The van der Waals surface area contributed by atoms with E-state index in [4.69, 9.17) is 11.6 Å². The fraction of sp³-hybridized carbons (Fsp3) is 0.360. The van der Waals surface area contributed by atoms with E-state index in [-0.39, 0.29) is 16.5 Å². The third-order valence-electron chi connectivity index (χ3n) is 7.06. The van der Waals surface area contributed by atoms with Crippen LogP contribution in [-0.4, -0.2) is 57.4 Å². The van der Waals surface area contributed by atoms with Gasteiger partial charge in [-0.3, -0.25) is 19.2 Å². The minimum absolute atomic E-state index is 0.187. The number of piperidine rings is 1. The normalized spacial score (nSPS) is 18.5. The molecule has 0 unspecified atom stereocenters. The Morgan fingerprint density at radius 3 is 2.06 bits per heavy atom. The number of benzene rings is 2. The molecule has 1 spiro atoms. The molecule has 2 aliphatic heterocycles. The molecular weight excluding hydrogens is 438 g/mol. The zero-order valence-corrected chi connectivity index (χ0v) is 19.7. The maximum atomic E-state index is 13.2. The molecule has 0 atom stereocenters. The van der Waals surface area contributed by atoms with Crippen molar-refractivity contribution >= 4 is 23.2 Å². The molecule has 0 aliphatic carbocycles. The molecule has 7 nitrogen and oxygen atoms in total. The standard InChI is InChI=1S/C25H28ClN5O2/c1-27-18-30(19-9-5-3-6-10-19)25(24(27)33)13-15-29(16-14-25)17-21-22(26)23(32)31(28(21)2)20-11-7-4-8-12-20/h3-12H,13-18H2,1-2H3. The van der Waals surface area contributed by atoms with E-state index in [1.807, 2.05) is 72.2 Å². The highest BCUT2D eigenvalue weighted by molar-refractivity contribution is 6.31. The summed E-state index contributed by atoms with van der Waals surface area (Å²) in [6.45, 7) is 2.67. The molecule has 2 aliphatic rings. The van der Waals surface area contributed by atoms with Crippen LogP contribution >= 0.6 is 11.6 Å². The summed E-state index contributed by atoms with van der Waals surface area (Å²) in [7, 11) is 3.74. The molecule has 0 N–H and O–H groups in total. The van der Waals surface area contributed by atoms with Gasteiger partial charge in [-0.1, -0.05) is 48.0 Å². The van der Waals surface area contributed by atoms with E-state index in [2.05, 4.69) is 21.9 Å². The van der Waals surface area contributed by atoms with Crippen molar-refractivity contribution in [2.45, 2.75) is 24.9 Å². The molecular formula is C25H28ClN5O2. The number of likely N-dealkylation sites (tertiary alicyclic amines) is 1. The van der Waals surface area contributed by atoms with Crippen LogP contribution in [0.1, 0.15) is 18.5 Å². The average molecular weight is 466 g/mol. The number of carbonyl (C=O) groups is 1. The summed E-state index contributed by atoms with van der Waals surface area (Å²) in [5.74, 6) is 0.187. The highest BCUT2D eigenvalue weighted by atomic mass is 35.5.